The van der Waals surface area contributed by atoms with E-state index < -0.39 is 20.2 Å². The summed E-state index contributed by atoms with van der Waals surface area (Å²) >= 11 is 12.8. The normalized spacial score (nSPS) is 15.9. The molecule has 1 aliphatic rings. The Hall–Kier alpha value is -1.80. The smallest absolute Gasteiger partial charge is 0.268 e. The van der Waals surface area contributed by atoms with Crippen LogP contribution in [-0.2, 0) is 43.8 Å². The molecule has 0 spiro atoms. The Labute approximate surface area is 377 Å². The number of halogens is 2. The minimum Gasteiger partial charge on any atom is -0.756 e. The van der Waals surface area contributed by atoms with Gasteiger partial charge in [0.05, 0.1) is 42.0 Å². The molecule has 0 saturated carbocycles. The van der Waals surface area contributed by atoms with Crippen LogP contribution in [0.5, 0.6) is 0 Å². The number of anilines is 2. The highest BCUT2D eigenvalue weighted by atomic mass is 35.5. The van der Waals surface area contributed by atoms with E-state index in [0.29, 0.717) is 41.8 Å². The van der Waals surface area contributed by atoms with Crippen molar-refractivity contribution in [2.75, 3.05) is 72.0 Å². The number of amides is 1. The van der Waals surface area contributed by atoms with Gasteiger partial charge in [0.1, 0.15) is 25.9 Å². The maximum absolute atomic E-state index is 13.8. The van der Waals surface area contributed by atoms with Crippen LogP contribution < -0.4 is 10.2 Å². The van der Waals surface area contributed by atoms with Crippen LogP contribution in [0.25, 0.3) is 0 Å². The first-order chi connectivity index (χ1) is 29.6. The average molecular weight is 916 g/mol. The number of para-hydroxylation sites is 2. The standard InChI is InChI=1S/C46H76Cl2N3O9P/c1-4-6-7-8-9-10-11-12-13-14-15-16-17-18-23-32-55-37-56-35-40(36-60-61(53,54)59-33-31-50(3)5-2)57-38-58-45-29-21-22-30-51(45)44(52)34-39-25-19-20-28-43(39)49-46-41(47)26-24-27-42(46)48/h19-20,24-28,40,45,49H,4-18,21-23,29-38H2,1-3H3,(H,53,54)/p-1. The fourth-order valence-corrected chi connectivity index (χ4v) is 8.30. The van der Waals surface area contributed by atoms with Gasteiger partial charge in [-0.1, -0.05) is 151 Å². The number of phosphoric ester groups is 1. The van der Waals surface area contributed by atoms with E-state index in [2.05, 4.69) is 12.2 Å². The van der Waals surface area contributed by atoms with Crippen molar-refractivity contribution >= 4 is 48.3 Å². The number of nitrogens with zero attached hydrogens (tertiary/aromatic N) is 2. The van der Waals surface area contributed by atoms with Gasteiger partial charge < -0.3 is 48.0 Å². The maximum Gasteiger partial charge on any atom is 0.268 e. The first kappa shape index (κ1) is 53.5. The number of rotatable bonds is 36. The number of carbonyl (C=O) groups excluding carboxylic acids is 1. The van der Waals surface area contributed by atoms with E-state index in [9.17, 15) is 14.3 Å². The molecule has 1 saturated heterocycles. The lowest BCUT2D eigenvalue weighted by Gasteiger charge is -2.36. The molecule has 1 amide bonds. The summed E-state index contributed by atoms with van der Waals surface area (Å²) in [6, 6.07) is 12.8. The highest BCUT2D eigenvalue weighted by Gasteiger charge is 2.28. The van der Waals surface area contributed by atoms with Crippen molar-refractivity contribution in [3.63, 3.8) is 0 Å². The fourth-order valence-electron chi connectivity index (χ4n) is 7.08. The first-order valence-electron chi connectivity index (χ1n) is 22.9. The van der Waals surface area contributed by atoms with Crippen LogP contribution >= 0.6 is 31.0 Å². The average Bonchev–Trinajstić information content (AvgIpc) is 3.25. The number of hydrogen-bond donors (Lipinski definition) is 1. The Kier molecular flexibility index (Phi) is 28.8. The molecule has 0 aromatic heterocycles. The van der Waals surface area contributed by atoms with Gasteiger partial charge >= 0.3 is 0 Å². The van der Waals surface area contributed by atoms with Crippen molar-refractivity contribution in [2.45, 2.75) is 148 Å². The minimum absolute atomic E-state index is 0.00727. The van der Waals surface area contributed by atoms with E-state index >= 15 is 0 Å². The lowest BCUT2D eigenvalue weighted by atomic mass is 10.0. The number of phosphoric acid groups is 1. The van der Waals surface area contributed by atoms with Crippen molar-refractivity contribution in [1.29, 1.82) is 0 Å². The molecule has 1 fully saturated rings. The number of carbonyl (C=O) groups is 1. The van der Waals surface area contributed by atoms with E-state index in [1.54, 1.807) is 23.1 Å². The van der Waals surface area contributed by atoms with Gasteiger partial charge in [-0.2, -0.15) is 0 Å². The molecule has 1 heterocycles. The van der Waals surface area contributed by atoms with Gasteiger partial charge in [-0.05, 0) is 63.0 Å². The molecule has 3 unspecified atom stereocenters. The van der Waals surface area contributed by atoms with Crippen LogP contribution in [0.2, 0.25) is 10.0 Å². The van der Waals surface area contributed by atoms with E-state index in [1.165, 1.54) is 83.5 Å². The number of piperidine rings is 1. The number of likely N-dealkylation sites (N-methyl/N-ethyl adjacent to an activating group) is 1. The largest absolute Gasteiger partial charge is 0.756 e. The molecule has 61 heavy (non-hydrogen) atoms. The Morgan fingerprint density at radius 2 is 1.46 bits per heavy atom. The predicted octanol–water partition coefficient (Wildman–Crippen LogP) is 11.3. The van der Waals surface area contributed by atoms with E-state index in [1.807, 2.05) is 43.1 Å². The molecule has 1 aliphatic heterocycles. The van der Waals surface area contributed by atoms with Crippen molar-refractivity contribution in [2.24, 2.45) is 0 Å². The molecule has 0 aliphatic carbocycles. The van der Waals surface area contributed by atoms with Crippen LogP contribution in [-0.4, -0.2) is 94.7 Å². The highest BCUT2D eigenvalue weighted by Crippen LogP contribution is 2.38. The monoisotopic (exact) mass is 914 g/mol. The summed E-state index contributed by atoms with van der Waals surface area (Å²) < 4.78 is 46.4. The van der Waals surface area contributed by atoms with Gasteiger partial charge in [0.25, 0.3) is 7.82 Å². The second-order valence-electron chi connectivity index (χ2n) is 16.0. The molecule has 12 nitrogen and oxygen atoms in total. The Morgan fingerprint density at radius 3 is 2.11 bits per heavy atom. The van der Waals surface area contributed by atoms with Gasteiger partial charge in [-0.15, -0.1) is 0 Å². The SMILES string of the molecule is CCCCCCCCCCCCCCCCCOCOCC(COP(=O)([O-])OCCN(C)CC)OCOC1CCCCN1C(=O)Cc1ccccc1Nc1c(Cl)cccc1Cl. The molecular formula is C46H75Cl2N3O9P-. The number of nitrogens with one attached hydrogen (secondary N) is 1. The van der Waals surface area contributed by atoms with Crippen molar-refractivity contribution in [3.05, 3.63) is 58.1 Å². The van der Waals surface area contributed by atoms with E-state index in [0.717, 1.165) is 43.5 Å². The zero-order chi connectivity index (χ0) is 44.0. The number of benzene rings is 2. The number of ether oxygens (including phenoxy) is 4. The molecule has 0 bridgehead atoms. The first-order valence-corrected chi connectivity index (χ1v) is 25.1. The summed E-state index contributed by atoms with van der Waals surface area (Å²) in [6.45, 7) is 6.03. The van der Waals surface area contributed by atoms with Crippen LogP contribution in [0.4, 0.5) is 11.4 Å². The third-order valence-corrected chi connectivity index (χ3v) is 12.6. The molecule has 0 radical (unpaired) electrons. The number of unbranched alkanes of at least 4 members (excludes halogenated alkanes) is 14. The topological polar surface area (TPSA) is 131 Å². The highest BCUT2D eigenvalue weighted by molar-refractivity contribution is 7.45. The fraction of sp³-hybridized carbons (Fsp3) is 0.717. The molecule has 3 rings (SSSR count). The summed E-state index contributed by atoms with van der Waals surface area (Å²) in [5, 5.41) is 4.24. The summed E-state index contributed by atoms with van der Waals surface area (Å²) in [5.74, 6) is -0.100. The Morgan fingerprint density at radius 1 is 0.820 bits per heavy atom. The lowest BCUT2D eigenvalue weighted by molar-refractivity contribution is -0.232. The predicted molar refractivity (Wildman–Crippen MR) is 244 cm³/mol. The van der Waals surface area contributed by atoms with Gasteiger partial charge in [0.2, 0.25) is 5.91 Å². The summed E-state index contributed by atoms with van der Waals surface area (Å²) in [6.07, 6.45) is 20.7. The van der Waals surface area contributed by atoms with E-state index in [-0.39, 0.29) is 45.7 Å². The van der Waals surface area contributed by atoms with Crippen LogP contribution in [0.1, 0.15) is 135 Å². The summed E-state index contributed by atoms with van der Waals surface area (Å²) in [5.41, 5.74) is 2.08. The lowest BCUT2D eigenvalue weighted by Crippen LogP contribution is -2.46. The van der Waals surface area contributed by atoms with Gasteiger partial charge in [-0.3, -0.25) is 9.36 Å². The molecular weight excluding hydrogens is 840 g/mol. The molecule has 3 atom stereocenters. The zero-order valence-corrected chi connectivity index (χ0v) is 39.7. The maximum atomic E-state index is 13.8. The van der Waals surface area contributed by atoms with Crippen LogP contribution in [0.15, 0.2) is 42.5 Å². The van der Waals surface area contributed by atoms with E-state index in [4.69, 9.17) is 51.2 Å². The second-order valence-corrected chi connectivity index (χ2v) is 18.2. The van der Waals surface area contributed by atoms with Gasteiger partial charge in [0, 0.05) is 25.4 Å². The molecule has 1 N–H and O–H groups in total. The van der Waals surface area contributed by atoms with Gasteiger partial charge in [0.15, 0.2) is 0 Å². The van der Waals surface area contributed by atoms with Gasteiger partial charge in [-0.25, -0.2) is 0 Å². The molecule has 348 valence electrons. The minimum atomic E-state index is -4.60. The molecule has 2 aromatic rings. The number of hydrogen-bond acceptors (Lipinski definition) is 11. The Balaban J connectivity index is 1.41. The third kappa shape index (κ3) is 23.6. The molecule has 2 aromatic carbocycles. The zero-order valence-electron chi connectivity index (χ0n) is 37.3. The van der Waals surface area contributed by atoms with Crippen molar-refractivity contribution in [3.8, 4) is 0 Å². The Bertz CT molecular complexity index is 1490. The number of likely N-dealkylation sites (tertiary alicyclic amines) is 1. The van der Waals surface area contributed by atoms with Crippen LogP contribution in [0, 0.1) is 0 Å². The quantitative estimate of drug-likeness (QED) is 0.0398. The second kappa shape index (κ2) is 32.8. The summed E-state index contributed by atoms with van der Waals surface area (Å²) in [7, 11) is -2.72. The van der Waals surface area contributed by atoms with Crippen LogP contribution in [0.3, 0.4) is 0 Å². The third-order valence-electron chi connectivity index (χ3n) is 11.0. The van der Waals surface area contributed by atoms with Crippen molar-refractivity contribution < 1.29 is 42.2 Å². The van der Waals surface area contributed by atoms with Crippen molar-refractivity contribution in [1.82, 2.24) is 9.80 Å². The molecule has 15 heteroatoms. The summed E-state index contributed by atoms with van der Waals surface area (Å²) in [4.78, 5) is 30.0.